The highest BCUT2D eigenvalue weighted by molar-refractivity contribution is 7.92. The number of thiophene rings is 1. The number of rotatable bonds is 6. The Balaban J connectivity index is 1.84. The highest BCUT2D eigenvalue weighted by Gasteiger charge is 2.26. The molecule has 8 heteroatoms. The third kappa shape index (κ3) is 2.87. The maximum atomic E-state index is 12.4. The summed E-state index contributed by atoms with van der Waals surface area (Å²) in [5, 5.41) is 13.7. The Hall–Kier alpha value is -1.38. The van der Waals surface area contributed by atoms with Crippen LogP contribution in [-0.4, -0.2) is 24.7 Å². The minimum absolute atomic E-state index is 0.0781. The molecule has 0 aliphatic heterocycles. The van der Waals surface area contributed by atoms with Crippen molar-refractivity contribution in [2.24, 2.45) is 0 Å². The van der Waals surface area contributed by atoms with Gasteiger partial charge in [0.05, 0.1) is 5.69 Å². The van der Waals surface area contributed by atoms with Gasteiger partial charge in [0.2, 0.25) is 5.03 Å². The second-order valence-electron chi connectivity index (χ2n) is 4.91. The lowest BCUT2D eigenvalue weighted by atomic mass is 10.2. The Morgan fingerprint density at radius 3 is 2.95 bits per heavy atom. The lowest BCUT2D eigenvalue weighted by Crippen LogP contribution is -2.20. The number of aromatic amines is 1. The topological polar surface area (TPSA) is 86.9 Å². The van der Waals surface area contributed by atoms with E-state index < -0.39 is 10.0 Å². The molecule has 6 nitrogen and oxygen atoms in total. The number of aromatic nitrogens is 2. The van der Waals surface area contributed by atoms with E-state index in [1.54, 1.807) is 11.4 Å². The van der Waals surface area contributed by atoms with Gasteiger partial charge in [0.25, 0.3) is 10.0 Å². The van der Waals surface area contributed by atoms with Crippen LogP contribution in [-0.2, 0) is 16.6 Å². The summed E-state index contributed by atoms with van der Waals surface area (Å²) >= 11 is 1.44. The van der Waals surface area contributed by atoms with Crippen molar-refractivity contribution in [3.8, 4) is 0 Å². The molecular formula is C12H16N4O2S2. The largest absolute Gasteiger partial charge is 0.310 e. The first-order valence-electron chi connectivity index (χ1n) is 6.38. The molecule has 0 spiro atoms. The molecule has 1 aliphatic carbocycles. The molecule has 3 N–H and O–H groups in total. The molecular weight excluding hydrogens is 296 g/mol. The first-order valence-corrected chi connectivity index (χ1v) is 8.81. The summed E-state index contributed by atoms with van der Waals surface area (Å²) in [7, 11) is -3.65. The Labute approximate surface area is 121 Å². The molecule has 108 valence electrons. The molecule has 0 amide bonds. The van der Waals surface area contributed by atoms with Gasteiger partial charge in [-0.2, -0.15) is 24.9 Å². The number of hydrogen-bond donors (Lipinski definition) is 3. The summed E-state index contributed by atoms with van der Waals surface area (Å²) in [6, 6.07) is 2.24. The molecule has 0 saturated heterocycles. The fraction of sp³-hybridized carbons (Fsp3) is 0.417. The van der Waals surface area contributed by atoms with E-state index in [2.05, 4.69) is 20.2 Å². The Morgan fingerprint density at radius 2 is 2.30 bits per heavy atom. The fourth-order valence-electron chi connectivity index (χ4n) is 1.92. The first kappa shape index (κ1) is 13.6. The fourth-order valence-corrected chi connectivity index (χ4v) is 3.83. The maximum absolute atomic E-state index is 12.4. The lowest BCUT2D eigenvalue weighted by Gasteiger charge is -2.07. The predicted octanol–water partition coefficient (Wildman–Crippen LogP) is 1.83. The van der Waals surface area contributed by atoms with E-state index in [-0.39, 0.29) is 5.03 Å². The van der Waals surface area contributed by atoms with E-state index in [9.17, 15) is 8.42 Å². The number of anilines is 1. The van der Waals surface area contributed by atoms with Gasteiger partial charge in [-0.15, -0.1) is 0 Å². The van der Waals surface area contributed by atoms with Crippen molar-refractivity contribution in [1.82, 2.24) is 15.5 Å². The van der Waals surface area contributed by atoms with E-state index >= 15 is 0 Å². The summed E-state index contributed by atoms with van der Waals surface area (Å²) in [6.45, 7) is 2.35. The van der Waals surface area contributed by atoms with Gasteiger partial charge in [-0.25, -0.2) is 0 Å². The number of H-pyrrole nitrogens is 1. The van der Waals surface area contributed by atoms with E-state index in [0.717, 1.165) is 18.5 Å². The van der Waals surface area contributed by atoms with Gasteiger partial charge >= 0.3 is 0 Å². The van der Waals surface area contributed by atoms with Crippen LogP contribution in [0.4, 0.5) is 5.69 Å². The Bertz CT molecular complexity index is 687. The molecule has 0 aromatic carbocycles. The third-order valence-electron chi connectivity index (χ3n) is 3.21. The summed E-state index contributed by atoms with van der Waals surface area (Å²) in [5.74, 6) is 0. The van der Waals surface area contributed by atoms with Gasteiger partial charge in [0.1, 0.15) is 0 Å². The van der Waals surface area contributed by atoms with Crippen molar-refractivity contribution in [3.05, 3.63) is 28.1 Å². The number of nitrogens with zero attached hydrogens (tertiary/aromatic N) is 1. The number of nitrogens with one attached hydrogen (secondary N) is 3. The van der Waals surface area contributed by atoms with Crippen molar-refractivity contribution in [2.75, 3.05) is 4.72 Å². The van der Waals surface area contributed by atoms with E-state index in [1.807, 2.05) is 12.3 Å². The Morgan fingerprint density at radius 1 is 1.50 bits per heavy atom. The SMILES string of the molecule is Cc1[nH]nc(S(=O)(=O)Nc2ccsc2)c1CNC1CC1. The minimum Gasteiger partial charge on any atom is -0.310 e. The van der Waals surface area contributed by atoms with Crippen molar-refractivity contribution in [3.63, 3.8) is 0 Å². The molecule has 2 heterocycles. The number of hydrogen-bond acceptors (Lipinski definition) is 5. The standard InChI is InChI=1S/C12H16N4O2S2/c1-8-11(6-13-9-2-3-9)12(15-14-8)20(17,18)16-10-4-5-19-7-10/h4-5,7,9,13,16H,2-3,6H2,1H3,(H,14,15). The molecule has 0 atom stereocenters. The van der Waals surface area contributed by atoms with Crippen LogP contribution in [0, 0.1) is 6.92 Å². The zero-order valence-electron chi connectivity index (χ0n) is 11.0. The molecule has 1 saturated carbocycles. The van der Waals surface area contributed by atoms with Crippen LogP contribution in [0.25, 0.3) is 0 Å². The first-order chi connectivity index (χ1) is 9.56. The van der Waals surface area contributed by atoms with Crippen LogP contribution < -0.4 is 10.0 Å². The summed E-state index contributed by atoms with van der Waals surface area (Å²) in [5.41, 5.74) is 2.06. The molecule has 2 aromatic heterocycles. The second-order valence-corrected chi connectivity index (χ2v) is 7.28. The van der Waals surface area contributed by atoms with E-state index in [1.165, 1.54) is 11.3 Å². The molecule has 2 aromatic rings. The van der Waals surface area contributed by atoms with Gasteiger partial charge in [0, 0.05) is 29.2 Å². The Kier molecular flexibility index (Phi) is 3.53. The van der Waals surface area contributed by atoms with E-state index in [0.29, 0.717) is 23.8 Å². The second kappa shape index (κ2) is 5.19. The molecule has 1 aliphatic rings. The predicted molar refractivity (Wildman–Crippen MR) is 78.3 cm³/mol. The van der Waals surface area contributed by atoms with Gasteiger partial charge in [0.15, 0.2) is 0 Å². The minimum atomic E-state index is -3.65. The van der Waals surface area contributed by atoms with Crippen molar-refractivity contribution in [1.29, 1.82) is 0 Å². The smallest absolute Gasteiger partial charge is 0.281 e. The summed E-state index contributed by atoms with van der Waals surface area (Å²) in [6.07, 6.45) is 2.32. The molecule has 3 rings (SSSR count). The zero-order chi connectivity index (χ0) is 14.2. The third-order valence-corrected chi connectivity index (χ3v) is 5.24. The van der Waals surface area contributed by atoms with Crippen LogP contribution in [0.5, 0.6) is 0 Å². The van der Waals surface area contributed by atoms with Gasteiger partial charge in [-0.1, -0.05) is 0 Å². The van der Waals surface area contributed by atoms with Gasteiger partial charge < -0.3 is 5.32 Å². The lowest BCUT2D eigenvalue weighted by molar-refractivity contribution is 0.593. The summed E-state index contributed by atoms with van der Waals surface area (Å²) < 4.78 is 27.3. The molecule has 0 bridgehead atoms. The van der Waals surface area contributed by atoms with Gasteiger partial charge in [-0.3, -0.25) is 9.82 Å². The maximum Gasteiger partial charge on any atom is 0.281 e. The molecule has 20 heavy (non-hydrogen) atoms. The van der Waals surface area contributed by atoms with E-state index in [4.69, 9.17) is 0 Å². The van der Waals surface area contributed by atoms with Gasteiger partial charge in [-0.05, 0) is 31.2 Å². The number of aryl methyl sites for hydroxylation is 1. The van der Waals surface area contributed by atoms with Crippen molar-refractivity contribution < 1.29 is 8.42 Å². The van der Waals surface area contributed by atoms with Crippen LogP contribution in [0.15, 0.2) is 21.9 Å². The van der Waals surface area contributed by atoms with Crippen molar-refractivity contribution >= 4 is 27.0 Å². The zero-order valence-corrected chi connectivity index (χ0v) is 12.6. The quantitative estimate of drug-likeness (QED) is 0.759. The van der Waals surface area contributed by atoms with Crippen LogP contribution >= 0.6 is 11.3 Å². The van der Waals surface area contributed by atoms with Crippen LogP contribution in [0.3, 0.4) is 0 Å². The van der Waals surface area contributed by atoms with Crippen molar-refractivity contribution in [2.45, 2.75) is 37.4 Å². The number of sulfonamides is 1. The highest BCUT2D eigenvalue weighted by Crippen LogP contribution is 2.23. The molecule has 1 fully saturated rings. The average Bonchev–Trinajstić information content (AvgIpc) is 2.94. The average molecular weight is 312 g/mol. The highest BCUT2D eigenvalue weighted by atomic mass is 32.2. The van der Waals surface area contributed by atoms with Crippen LogP contribution in [0.2, 0.25) is 0 Å². The normalized spacial score (nSPS) is 15.4. The monoisotopic (exact) mass is 312 g/mol. The molecule has 0 radical (unpaired) electrons. The molecule has 0 unspecified atom stereocenters. The summed E-state index contributed by atoms with van der Waals surface area (Å²) in [4.78, 5) is 0. The van der Waals surface area contributed by atoms with Crippen LogP contribution in [0.1, 0.15) is 24.1 Å².